The summed E-state index contributed by atoms with van der Waals surface area (Å²) in [5.41, 5.74) is 3.05. The molecule has 42 heavy (non-hydrogen) atoms. The number of carbonyl (C=O) groups excluding carboxylic acids is 2. The molecule has 1 N–H and O–H groups in total. The third kappa shape index (κ3) is 7.84. The lowest BCUT2D eigenvalue weighted by molar-refractivity contribution is -0.118. The Bertz CT molecular complexity index is 1320. The molecule has 0 atom stereocenters. The van der Waals surface area contributed by atoms with Crippen LogP contribution in [0.4, 0.5) is 16.2 Å². The van der Waals surface area contributed by atoms with Crippen LogP contribution in [0.15, 0.2) is 47.8 Å². The Morgan fingerprint density at radius 3 is 2.60 bits per heavy atom. The first-order chi connectivity index (χ1) is 20.6. The number of unbranched alkanes of at least 4 members (excludes halogenated alkanes) is 6. The van der Waals surface area contributed by atoms with E-state index in [4.69, 9.17) is 4.74 Å². The van der Waals surface area contributed by atoms with Gasteiger partial charge in [0.15, 0.2) is 0 Å². The van der Waals surface area contributed by atoms with Crippen LogP contribution in [0.3, 0.4) is 0 Å². The molecular weight excluding hydrogens is 544 g/mol. The molecule has 8 heteroatoms. The molecule has 0 saturated carbocycles. The van der Waals surface area contributed by atoms with Crippen molar-refractivity contribution in [2.75, 3.05) is 55.7 Å². The number of amides is 3. The van der Waals surface area contributed by atoms with Crippen molar-refractivity contribution < 1.29 is 14.3 Å². The highest BCUT2D eigenvalue weighted by Gasteiger charge is 2.30. The van der Waals surface area contributed by atoms with Gasteiger partial charge in [-0.25, -0.2) is 9.69 Å². The molecule has 1 fully saturated rings. The number of urea groups is 1. The SMILES string of the molecule is CCCCCCCCNC(=O)N1C(=O)CCc2ccc(OCCCCN3CCN(c4cccc5sccc45)CC3)cc21. The van der Waals surface area contributed by atoms with E-state index in [1.165, 1.54) is 46.4 Å². The fourth-order valence-electron chi connectivity index (χ4n) is 6.04. The molecule has 226 valence electrons. The molecule has 0 spiro atoms. The Morgan fingerprint density at radius 1 is 0.905 bits per heavy atom. The molecule has 2 aliphatic rings. The summed E-state index contributed by atoms with van der Waals surface area (Å²) in [6.45, 7) is 8.78. The summed E-state index contributed by atoms with van der Waals surface area (Å²) >= 11 is 1.81. The standard InChI is InChI=1S/C34H46N4O3S/c1-2-3-4-5-6-7-18-35-34(40)38-31-26-28(15-13-27(31)14-16-33(38)39)41-24-9-8-19-36-20-22-37(23-21-36)30-11-10-12-32-29(30)17-25-42-32/h10-13,15,17,25-26H,2-9,14,16,18-24H2,1H3,(H,35,40). The number of aryl methyl sites for hydroxylation is 1. The van der Waals surface area contributed by atoms with Gasteiger partial charge in [0, 0.05) is 61.0 Å². The summed E-state index contributed by atoms with van der Waals surface area (Å²) < 4.78 is 7.44. The van der Waals surface area contributed by atoms with E-state index in [2.05, 4.69) is 51.7 Å². The third-order valence-electron chi connectivity index (χ3n) is 8.49. The van der Waals surface area contributed by atoms with Crippen molar-refractivity contribution in [1.82, 2.24) is 10.2 Å². The number of hydrogen-bond acceptors (Lipinski definition) is 6. The zero-order chi connectivity index (χ0) is 29.1. The number of hydrogen-bond donors (Lipinski definition) is 1. The molecule has 2 aliphatic heterocycles. The highest BCUT2D eigenvalue weighted by atomic mass is 32.1. The molecule has 2 aromatic carbocycles. The second-order valence-electron chi connectivity index (χ2n) is 11.5. The number of thiophene rings is 1. The second kappa shape index (κ2) is 15.4. The van der Waals surface area contributed by atoms with Crippen molar-refractivity contribution >= 4 is 44.7 Å². The molecule has 3 amide bonds. The zero-order valence-corrected chi connectivity index (χ0v) is 25.9. The normalized spacial score (nSPS) is 15.7. The van der Waals surface area contributed by atoms with E-state index in [1.807, 2.05) is 29.5 Å². The Labute approximate surface area is 254 Å². The first-order valence-electron chi connectivity index (χ1n) is 15.9. The molecule has 7 nitrogen and oxygen atoms in total. The molecule has 1 aromatic heterocycles. The van der Waals surface area contributed by atoms with Gasteiger partial charge in [0.1, 0.15) is 5.75 Å². The average Bonchev–Trinajstić information content (AvgIpc) is 3.50. The van der Waals surface area contributed by atoms with Gasteiger partial charge >= 0.3 is 6.03 Å². The molecule has 5 rings (SSSR count). The molecule has 0 unspecified atom stereocenters. The van der Waals surface area contributed by atoms with Gasteiger partial charge in [-0.1, -0.05) is 51.2 Å². The van der Waals surface area contributed by atoms with Crippen LogP contribution in [-0.2, 0) is 11.2 Å². The molecular formula is C34H46N4O3S. The monoisotopic (exact) mass is 590 g/mol. The van der Waals surface area contributed by atoms with E-state index < -0.39 is 0 Å². The highest BCUT2D eigenvalue weighted by molar-refractivity contribution is 7.17. The van der Waals surface area contributed by atoms with Crippen molar-refractivity contribution in [3.05, 3.63) is 53.4 Å². The van der Waals surface area contributed by atoms with E-state index in [1.54, 1.807) is 0 Å². The minimum atomic E-state index is -0.321. The summed E-state index contributed by atoms with van der Waals surface area (Å²) in [4.78, 5) is 32.1. The number of benzene rings is 2. The summed E-state index contributed by atoms with van der Waals surface area (Å²) in [6.07, 6.45) is 10.0. The Balaban J connectivity index is 1.03. The van der Waals surface area contributed by atoms with E-state index in [9.17, 15) is 9.59 Å². The summed E-state index contributed by atoms with van der Waals surface area (Å²) in [7, 11) is 0. The van der Waals surface area contributed by atoms with Crippen LogP contribution in [0.2, 0.25) is 0 Å². The smallest absolute Gasteiger partial charge is 0.328 e. The van der Waals surface area contributed by atoms with E-state index in [0.29, 0.717) is 37.4 Å². The first-order valence-corrected chi connectivity index (χ1v) is 16.8. The number of imide groups is 1. The van der Waals surface area contributed by atoms with Crippen molar-refractivity contribution in [1.29, 1.82) is 0 Å². The molecule has 0 radical (unpaired) electrons. The number of carbonyl (C=O) groups is 2. The molecule has 3 aromatic rings. The van der Waals surface area contributed by atoms with Crippen LogP contribution < -0.4 is 19.9 Å². The number of nitrogens with one attached hydrogen (secondary N) is 1. The lowest BCUT2D eigenvalue weighted by atomic mass is 10.0. The summed E-state index contributed by atoms with van der Waals surface area (Å²) in [5.74, 6) is 0.570. The number of fused-ring (bicyclic) bond motifs is 2. The van der Waals surface area contributed by atoms with Gasteiger partial charge in [-0.15, -0.1) is 11.3 Å². The largest absolute Gasteiger partial charge is 0.494 e. The van der Waals surface area contributed by atoms with Crippen molar-refractivity contribution in [2.24, 2.45) is 0 Å². The van der Waals surface area contributed by atoms with Crippen molar-refractivity contribution in [3.63, 3.8) is 0 Å². The Hall–Kier alpha value is -3.10. The van der Waals surface area contributed by atoms with Crippen LogP contribution in [0.1, 0.15) is 70.3 Å². The molecule has 0 aliphatic carbocycles. The maximum absolute atomic E-state index is 13.0. The minimum absolute atomic E-state index is 0.146. The van der Waals surface area contributed by atoms with Gasteiger partial charge < -0.3 is 15.0 Å². The van der Waals surface area contributed by atoms with E-state index in [0.717, 1.165) is 64.0 Å². The summed E-state index contributed by atoms with van der Waals surface area (Å²) in [5, 5.41) is 6.52. The van der Waals surface area contributed by atoms with Gasteiger partial charge in [-0.2, -0.15) is 0 Å². The number of ether oxygens (including phenoxy) is 1. The van der Waals surface area contributed by atoms with Crippen molar-refractivity contribution in [3.8, 4) is 5.75 Å². The van der Waals surface area contributed by atoms with Crippen molar-refractivity contribution in [2.45, 2.75) is 71.1 Å². The molecule has 3 heterocycles. The maximum atomic E-state index is 13.0. The van der Waals surface area contributed by atoms with Gasteiger partial charge in [0.2, 0.25) is 5.91 Å². The third-order valence-corrected chi connectivity index (χ3v) is 9.37. The van der Waals surface area contributed by atoms with Crippen LogP contribution in [-0.4, -0.2) is 62.7 Å². The predicted molar refractivity (Wildman–Crippen MR) is 174 cm³/mol. The minimum Gasteiger partial charge on any atom is -0.494 e. The second-order valence-corrected chi connectivity index (χ2v) is 12.5. The molecule has 0 bridgehead atoms. The Morgan fingerprint density at radius 2 is 1.74 bits per heavy atom. The van der Waals surface area contributed by atoms with Gasteiger partial charge in [0.05, 0.1) is 12.3 Å². The Kier molecular flexibility index (Phi) is 11.1. The number of anilines is 2. The van der Waals surface area contributed by atoms with Crippen LogP contribution in [0.5, 0.6) is 5.75 Å². The van der Waals surface area contributed by atoms with E-state index in [-0.39, 0.29) is 11.9 Å². The molecule has 1 saturated heterocycles. The fraction of sp³-hybridized carbons (Fsp3) is 0.529. The predicted octanol–water partition coefficient (Wildman–Crippen LogP) is 7.23. The van der Waals surface area contributed by atoms with Gasteiger partial charge in [-0.3, -0.25) is 9.69 Å². The van der Waals surface area contributed by atoms with Crippen LogP contribution in [0, 0.1) is 0 Å². The lowest BCUT2D eigenvalue weighted by Gasteiger charge is -2.36. The number of nitrogens with zero attached hydrogens (tertiary/aromatic N) is 3. The maximum Gasteiger partial charge on any atom is 0.328 e. The van der Waals surface area contributed by atoms with Crippen LogP contribution >= 0.6 is 11.3 Å². The fourth-order valence-corrected chi connectivity index (χ4v) is 6.84. The van der Waals surface area contributed by atoms with Gasteiger partial charge in [0.25, 0.3) is 0 Å². The quantitative estimate of drug-likeness (QED) is 0.201. The first kappa shape index (κ1) is 30.4. The average molecular weight is 591 g/mol. The highest BCUT2D eigenvalue weighted by Crippen LogP contribution is 2.33. The topological polar surface area (TPSA) is 65.1 Å². The zero-order valence-electron chi connectivity index (χ0n) is 25.1. The lowest BCUT2D eigenvalue weighted by Crippen LogP contribution is -2.46. The van der Waals surface area contributed by atoms with Gasteiger partial charge in [-0.05, 0) is 67.4 Å². The summed E-state index contributed by atoms with van der Waals surface area (Å²) in [6, 6.07) is 14.4. The number of piperazine rings is 1. The number of rotatable bonds is 14. The van der Waals surface area contributed by atoms with Crippen LogP contribution in [0.25, 0.3) is 10.1 Å². The van der Waals surface area contributed by atoms with E-state index >= 15 is 0 Å².